The Kier molecular flexibility index (Phi) is 4.42. The number of ether oxygens (including phenoxy) is 1. The molecule has 7 heteroatoms. The largest absolute Gasteiger partial charge is 0.454 e. The molecule has 1 aromatic heterocycles. The van der Waals surface area contributed by atoms with Gasteiger partial charge in [-0.2, -0.15) is 23.1 Å². The molecule has 0 aromatic carbocycles. The number of hydrogen-bond acceptors (Lipinski definition) is 4. The highest BCUT2D eigenvalue weighted by Gasteiger charge is 2.29. The fraction of sp³-hybridized carbons (Fsp3) is 0.500. The first kappa shape index (κ1) is 13.4. The average molecular weight is 247 g/mol. The van der Waals surface area contributed by atoms with Crippen molar-refractivity contribution < 1.29 is 17.9 Å². The number of alkyl halides is 3. The van der Waals surface area contributed by atoms with E-state index in [0.717, 1.165) is 6.42 Å². The van der Waals surface area contributed by atoms with Gasteiger partial charge in [0.1, 0.15) is 5.82 Å². The van der Waals surface area contributed by atoms with Crippen LogP contribution in [0.15, 0.2) is 6.08 Å². The van der Waals surface area contributed by atoms with Crippen molar-refractivity contribution >= 4 is 6.08 Å². The van der Waals surface area contributed by atoms with Gasteiger partial charge in [-0.05, 0) is 19.4 Å². The first-order chi connectivity index (χ1) is 7.90. The smallest absolute Gasteiger partial charge is 0.422 e. The van der Waals surface area contributed by atoms with Gasteiger partial charge in [-0.25, -0.2) is 4.98 Å². The van der Waals surface area contributed by atoms with Crippen LogP contribution in [0.4, 0.5) is 13.2 Å². The van der Waals surface area contributed by atoms with Gasteiger partial charge in [0, 0.05) is 0 Å². The Hall–Kier alpha value is -1.66. The molecule has 0 aliphatic heterocycles. The van der Waals surface area contributed by atoms with E-state index >= 15 is 0 Å². The molecule has 0 bridgehead atoms. The predicted octanol–water partition coefficient (Wildman–Crippen LogP) is 2.54. The zero-order valence-corrected chi connectivity index (χ0v) is 9.45. The van der Waals surface area contributed by atoms with Crippen LogP contribution in [0.3, 0.4) is 0 Å². The van der Waals surface area contributed by atoms with E-state index in [4.69, 9.17) is 0 Å². The Morgan fingerprint density at radius 3 is 2.53 bits per heavy atom. The minimum Gasteiger partial charge on any atom is -0.454 e. The highest BCUT2D eigenvalue weighted by molar-refractivity contribution is 5.39. The second-order valence-corrected chi connectivity index (χ2v) is 3.24. The molecular weight excluding hydrogens is 235 g/mol. The van der Waals surface area contributed by atoms with Crippen molar-refractivity contribution in [2.24, 2.45) is 0 Å². The van der Waals surface area contributed by atoms with Gasteiger partial charge >= 0.3 is 12.2 Å². The van der Waals surface area contributed by atoms with Crippen LogP contribution in [0, 0.1) is 6.92 Å². The normalized spacial score (nSPS) is 12.1. The van der Waals surface area contributed by atoms with Crippen LogP contribution >= 0.6 is 0 Å². The summed E-state index contributed by atoms with van der Waals surface area (Å²) in [5, 5.41) is 0. The summed E-state index contributed by atoms with van der Waals surface area (Å²) >= 11 is 0. The van der Waals surface area contributed by atoms with Crippen molar-refractivity contribution in [3.63, 3.8) is 0 Å². The number of halogens is 3. The lowest BCUT2D eigenvalue weighted by molar-refractivity contribution is -0.154. The van der Waals surface area contributed by atoms with Crippen molar-refractivity contribution in [3.05, 3.63) is 17.7 Å². The van der Waals surface area contributed by atoms with Crippen LogP contribution in [0.5, 0.6) is 6.01 Å². The highest BCUT2D eigenvalue weighted by Crippen LogP contribution is 2.16. The third-order valence-corrected chi connectivity index (χ3v) is 1.61. The molecule has 0 unspecified atom stereocenters. The summed E-state index contributed by atoms with van der Waals surface area (Å²) in [7, 11) is 0. The van der Waals surface area contributed by atoms with Crippen molar-refractivity contribution in [3.8, 4) is 6.01 Å². The molecule has 94 valence electrons. The average Bonchev–Trinajstić information content (AvgIpc) is 2.22. The molecule has 0 N–H and O–H groups in total. The maximum absolute atomic E-state index is 11.9. The molecule has 0 atom stereocenters. The van der Waals surface area contributed by atoms with E-state index < -0.39 is 12.8 Å². The maximum Gasteiger partial charge on any atom is 0.422 e. The lowest BCUT2D eigenvalue weighted by Gasteiger charge is -2.07. The third-order valence-electron chi connectivity index (χ3n) is 1.61. The minimum absolute atomic E-state index is 0.288. The topological polar surface area (TPSA) is 47.9 Å². The first-order valence-electron chi connectivity index (χ1n) is 4.99. The van der Waals surface area contributed by atoms with Crippen molar-refractivity contribution in [2.75, 3.05) is 6.61 Å². The number of allylic oxidation sites excluding steroid dienone is 1. The number of nitrogens with zero attached hydrogens (tertiary/aromatic N) is 3. The molecule has 0 fully saturated rings. The van der Waals surface area contributed by atoms with Crippen LogP contribution in [0.25, 0.3) is 6.08 Å². The predicted molar refractivity (Wildman–Crippen MR) is 55.4 cm³/mol. The molecule has 0 amide bonds. The molecule has 1 rings (SSSR count). The molecule has 4 nitrogen and oxygen atoms in total. The maximum atomic E-state index is 11.9. The quantitative estimate of drug-likeness (QED) is 0.820. The van der Waals surface area contributed by atoms with Gasteiger partial charge < -0.3 is 4.74 Å². The number of hydrogen-bond donors (Lipinski definition) is 0. The summed E-state index contributed by atoms with van der Waals surface area (Å²) in [5.41, 5.74) is 0. The summed E-state index contributed by atoms with van der Waals surface area (Å²) < 4.78 is 40.3. The summed E-state index contributed by atoms with van der Waals surface area (Å²) in [6.07, 6.45) is -0.221. The summed E-state index contributed by atoms with van der Waals surface area (Å²) in [4.78, 5) is 11.4. The van der Waals surface area contributed by atoms with Crippen LogP contribution in [0.2, 0.25) is 0 Å². The second-order valence-electron chi connectivity index (χ2n) is 3.24. The fourth-order valence-corrected chi connectivity index (χ4v) is 0.986. The molecule has 17 heavy (non-hydrogen) atoms. The molecule has 0 aliphatic rings. The Bertz CT molecular complexity index is 404. The van der Waals surface area contributed by atoms with Crippen molar-refractivity contribution in [1.82, 2.24) is 15.0 Å². The fourth-order valence-electron chi connectivity index (χ4n) is 0.986. The monoisotopic (exact) mass is 247 g/mol. The van der Waals surface area contributed by atoms with E-state index in [-0.39, 0.29) is 11.8 Å². The van der Waals surface area contributed by atoms with Crippen LogP contribution < -0.4 is 4.74 Å². The summed E-state index contributed by atoms with van der Waals surface area (Å²) in [5.74, 6) is 0.601. The molecular formula is C10H12F3N3O. The lowest BCUT2D eigenvalue weighted by Crippen LogP contribution is -2.20. The zero-order chi connectivity index (χ0) is 12.9. The van der Waals surface area contributed by atoms with Crippen LogP contribution in [0.1, 0.15) is 25.0 Å². The summed E-state index contributed by atoms with van der Waals surface area (Å²) in [6.45, 7) is 2.07. The SMILES string of the molecule is CC/C=C\c1nc(C)nc(OCC(F)(F)F)n1. The third kappa shape index (κ3) is 5.28. The highest BCUT2D eigenvalue weighted by atomic mass is 19.4. The Morgan fingerprint density at radius 2 is 1.94 bits per heavy atom. The van der Waals surface area contributed by atoms with Gasteiger partial charge in [0.2, 0.25) is 0 Å². The molecule has 0 aliphatic carbocycles. The number of aryl methyl sites for hydroxylation is 1. The number of rotatable bonds is 4. The molecule has 0 radical (unpaired) electrons. The Balaban J connectivity index is 2.79. The molecule has 1 heterocycles. The minimum atomic E-state index is -4.40. The molecule has 1 aromatic rings. The lowest BCUT2D eigenvalue weighted by atomic mass is 10.4. The van der Waals surface area contributed by atoms with Crippen molar-refractivity contribution in [2.45, 2.75) is 26.4 Å². The van der Waals surface area contributed by atoms with Gasteiger partial charge in [-0.1, -0.05) is 13.0 Å². The van der Waals surface area contributed by atoms with E-state index in [1.165, 1.54) is 0 Å². The molecule has 0 spiro atoms. The van der Waals surface area contributed by atoms with E-state index in [1.807, 2.05) is 6.92 Å². The standard InChI is InChI=1S/C10H12F3N3O/c1-3-4-5-8-14-7(2)15-9(16-8)17-6-10(11,12)13/h4-5H,3,6H2,1-2H3/b5-4-. The zero-order valence-electron chi connectivity index (χ0n) is 9.45. The van der Waals surface area contributed by atoms with Crippen LogP contribution in [-0.4, -0.2) is 27.7 Å². The van der Waals surface area contributed by atoms with Crippen molar-refractivity contribution in [1.29, 1.82) is 0 Å². The van der Waals surface area contributed by atoms with E-state index in [0.29, 0.717) is 5.82 Å². The van der Waals surface area contributed by atoms with E-state index in [2.05, 4.69) is 19.7 Å². The van der Waals surface area contributed by atoms with Crippen LogP contribution in [-0.2, 0) is 0 Å². The Labute approximate surface area is 96.6 Å². The van der Waals surface area contributed by atoms with E-state index in [9.17, 15) is 13.2 Å². The Morgan fingerprint density at radius 1 is 1.24 bits per heavy atom. The van der Waals surface area contributed by atoms with Gasteiger partial charge in [-0.3, -0.25) is 0 Å². The van der Waals surface area contributed by atoms with E-state index in [1.54, 1.807) is 19.1 Å². The van der Waals surface area contributed by atoms with Gasteiger partial charge in [0.25, 0.3) is 0 Å². The molecule has 0 saturated heterocycles. The molecule has 0 saturated carbocycles. The van der Waals surface area contributed by atoms with Gasteiger partial charge in [0.15, 0.2) is 12.4 Å². The van der Waals surface area contributed by atoms with Gasteiger partial charge in [-0.15, -0.1) is 0 Å². The van der Waals surface area contributed by atoms with Gasteiger partial charge in [0.05, 0.1) is 0 Å². The first-order valence-corrected chi connectivity index (χ1v) is 4.99. The second kappa shape index (κ2) is 5.60. The summed E-state index contributed by atoms with van der Waals surface area (Å²) in [6, 6.07) is -0.314. The number of aromatic nitrogens is 3.